The monoisotopic (exact) mass is 461 g/mol. The predicted octanol–water partition coefficient (Wildman–Crippen LogP) is 3.57. The largest absolute Gasteiger partial charge is 0.491 e. The molecule has 0 spiro atoms. The van der Waals surface area contributed by atoms with Gasteiger partial charge in [0.05, 0.1) is 6.10 Å². The van der Waals surface area contributed by atoms with Gasteiger partial charge in [-0.2, -0.15) is 0 Å². The maximum absolute atomic E-state index is 5.72. The number of hydrogen-bond donors (Lipinski definition) is 2. The van der Waals surface area contributed by atoms with Gasteiger partial charge in [0.15, 0.2) is 5.96 Å². The van der Waals surface area contributed by atoms with E-state index in [1.54, 1.807) is 7.05 Å². The molecule has 1 fully saturated rings. The van der Waals surface area contributed by atoms with Crippen molar-refractivity contribution in [1.82, 2.24) is 10.6 Å². The molecule has 1 aromatic carbocycles. The molecule has 0 bridgehead atoms. The Morgan fingerprint density at radius 3 is 2.76 bits per heavy atom. The van der Waals surface area contributed by atoms with Crippen molar-refractivity contribution in [3.05, 3.63) is 29.8 Å². The van der Waals surface area contributed by atoms with Crippen molar-refractivity contribution in [1.29, 1.82) is 0 Å². The van der Waals surface area contributed by atoms with Crippen LogP contribution in [0.5, 0.6) is 5.75 Å². The van der Waals surface area contributed by atoms with Gasteiger partial charge in [-0.05, 0) is 56.7 Å². The summed E-state index contributed by atoms with van der Waals surface area (Å²) in [5.41, 5.74) is 1.17. The molecular formula is C19H32IN3O2. The van der Waals surface area contributed by atoms with Gasteiger partial charge in [-0.25, -0.2) is 0 Å². The predicted molar refractivity (Wildman–Crippen MR) is 114 cm³/mol. The summed E-state index contributed by atoms with van der Waals surface area (Å²) in [7, 11) is 1.79. The fourth-order valence-corrected chi connectivity index (χ4v) is 2.32. The number of guanidine groups is 1. The van der Waals surface area contributed by atoms with Crippen LogP contribution in [0.25, 0.3) is 0 Å². The second kappa shape index (κ2) is 12.4. The van der Waals surface area contributed by atoms with Gasteiger partial charge in [-0.1, -0.05) is 12.1 Å². The van der Waals surface area contributed by atoms with Crippen LogP contribution in [-0.4, -0.2) is 38.9 Å². The summed E-state index contributed by atoms with van der Waals surface area (Å²) in [6.45, 7) is 7.39. The van der Waals surface area contributed by atoms with Gasteiger partial charge >= 0.3 is 0 Å². The second-order valence-electron chi connectivity index (χ2n) is 6.54. The zero-order valence-corrected chi connectivity index (χ0v) is 17.9. The molecule has 0 atom stereocenters. The third-order valence-electron chi connectivity index (χ3n) is 3.76. The SMILES string of the molecule is CN=C(NCCCOCC1CC1)NCc1cccc(OC(C)C)c1.I. The summed E-state index contributed by atoms with van der Waals surface area (Å²) >= 11 is 0. The lowest BCUT2D eigenvalue weighted by atomic mass is 10.2. The summed E-state index contributed by atoms with van der Waals surface area (Å²) < 4.78 is 11.4. The summed E-state index contributed by atoms with van der Waals surface area (Å²) in [5.74, 6) is 2.55. The number of rotatable bonds is 10. The van der Waals surface area contributed by atoms with E-state index in [1.165, 1.54) is 18.4 Å². The van der Waals surface area contributed by atoms with E-state index in [1.807, 2.05) is 26.0 Å². The van der Waals surface area contributed by atoms with Crippen LogP contribution in [0.2, 0.25) is 0 Å². The van der Waals surface area contributed by atoms with E-state index in [0.29, 0.717) is 6.54 Å². The lowest BCUT2D eigenvalue weighted by Crippen LogP contribution is -2.37. The zero-order valence-electron chi connectivity index (χ0n) is 15.6. The molecule has 5 nitrogen and oxygen atoms in total. The summed E-state index contributed by atoms with van der Waals surface area (Å²) in [6.07, 6.45) is 3.87. The molecule has 1 aromatic rings. The molecule has 0 heterocycles. The zero-order chi connectivity index (χ0) is 17.2. The Bertz CT molecular complexity index is 519. The molecule has 0 radical (unpaired) electrons. The van der Waals surface area contributed by atoms with Gasteiger partial charge in [0.25, 0.3) is 0 Å². The van der Waals surface area contributed by atoms with E-state index in [-0.39, 0.29) is 30.1 Å². The van der Waals surface area contributed by atoms with E-state index < -0.39 is 0 Å². The minimum atomic E-state index is 0. The highest BCUT2D eigenvalue weighted by Crippen LogP contribution is 2.28. The third kappa shape index (κ3) is 9.89. The molecule has 2 N–H and O–H groups in total. The van der Waals surface area contributed by atoms with E-state index in [2.05, 4.69) is 27.8 Å². The van der Waals surface area contributed by atoms with Gasteiger partial charge in [-0.3, -0.25) is 4.99 Å². The first-order valence-corrected chi connectivity index (χ1v) is 8.95. The first kappa shape index (κ1) is 22.0. The minimum absolute atomic E-state index is 0. The van der Waals surface area contributed by atoms with Crippen LogP contribution in [0.1, 0.15) is 38.7 Å². The lowest BCUT2D eigenvalue weighted by molar-refractivity contribution is 0.123. The summed E-state index contributed by atoms with van der Waals surface area (Å²) in [5, 5.41) is 6.65. The van der Waals surface area contributed by atoms with Gasteiger partial charge in [0, 0.05) is 33.4 Å². The molecule has 142 valence electrons. The Kier molecular flexibility index (Phi) is 10.9. The third-order valence-corrected chi connectivity index (χ3v) is 3.76. The van der Waals surface area contributed by atoms with Crippen LogP contribution >= 0.6 is 24.0 Å². The number of nitrogens with one attached hydrogen (secondary N) is 2. The normalized spacial score (nSPS) is 14.2. The highest BCUT2D eigenvalue weighted by Gasteiger charge is 2.20. The van der Waals surface area contributed by atoms with Gasteiger partial charge in [-0.15, -0.1) is 24.0 Å². The van der Waals surface area contributed by atoms with E-state index in [9.17, 15) is 0 Å². The molecule has 0 aliphatic heterocycles. The molecule has 6 heteroatoms. The molecular weight excluding hydrogens is 429 g/mol. The van der Waals surface area contributed by atoms with Crippen molar-refractivity contribution in [2.45, 2.75) is 45.8 Å². The topological polar surface area (TPSA) is 54.9 Å². The average Bonchev–Trinajstić information content (AvgIpc) is 3.37. The quantitative estimate of drug-likeness (QED) is 0.242. The number of benzene rings is 1. The average molecular weight is 461 g/mol. The van der Waals surface area contributed by atoms with Crippen LogP contribution in [-0.2, 0) is 11.3 Å². The molecule has 25 heavy (non-hydrogen) atoms. The Labute approximate surface area is 169 Å². The fourth-order valence-electron chi connectivity index (χ4n) is 2.32. The van der Waals surface area contributed by atoms with Gasteiger partial charge in [0.2, 0.25) is 0 Å². The molecule has 1 aliphatic carbocycles. The van der Waals surface area contributed by atoms with E-state index in [0.717, 1.165) is 43.8 Å². The number of aliphatic imine (C=N–C) groups is 1. The highest BCUT2D eigenvalue weighted by atomic mass is 127. The van der Waals surface area contributed by atoms with Gasteiger partial charge < -0.3 is 20.1 Å². The highest BCUT2D eigenvalue weighted by molar-refractivity contribution is 14.0. The molecule has 0 saturated heterocycles. The summed E-state index contributed by atoms with van der Waals surface area (Å²) in [4.78, 5) is 4.25. The van der Waals surface area contributed by atoms with Gasteiger partial charge in [0.1, 0.15) is 5.75 Å². The van der Waals surface area contributed by atoms with Crippen molar-refractivity contribution in [3.8, 4) is 5.75 Å². The Morgan fingerprint density at radius 2 is 2.08 bits per heavy atom. The first-order valence-electron chi connectivity index (χ1n) is 8.95. The molecule has 0 aromatic heterocycles. The van der Waals surface area contributed by atoms with Crippen molar-refractivity contribution < 1.29 is 9.47 Å². The van der Waals surface area contributed by atoms with Crippen LogP contribution in [0.15, 0.2) is 29.3 Å². The molecule has 1 saturated carbocycles. The Hall–Kier alpha value is -1.02. The maximum Gasteiger partial charge on any atom is 0.191 e. The summed E-state index contributed by atoms with van der Waals surface area (Å²) in [6, 6.07) is 8.14. The number of ether oxygens (including phenoxy) is 2. The van der Waals surface area contributed by atoms with Crippen molar-refractivity contribution >= 4 is 29.9 Å². The van der Waals surface area contributed by atoms with Crippen LogP contribution < -0.4 is 15.4 Å². The van der Waals surface area contributed by atoms with E-state index >= 15 is 0 Å². The van der Waals surface area contributed by atoms with Crippen molar-refractivity contribution in [2.24, 2.45) is 10.9 Å². The van der Waals surface area contributed by atoms with Crippen molar-refractivity contribution in [3.63, 3.8) is 0 Å². The maximum atomic E-state index is 5.72. The molecule has 0 amide bonds. The fraction of sp³-hybridized carbons (Fsp3) is 0.632. The van der Waals surface area contributed by atoms with Crippen molar-refractivity contribution in [2.75, 3.05) is 26.8 Å². The van der Waals surface area contributed by atoms with Crippen LogP contribution in [0.3, 0.4) is 0 Å². The first-order chi connectivity index (χ1) is 11.7. The molecule has 1 aliphatic rings. The number of hydrogen-bond acceptors (Lipinski definition) is 3. The lowest BCUT2D eigenvalue weighted by Gasteiger charge is -2.14. The number of nitrogens with zero attached hydrogens (tertiary/aromatic N) is 1. The minimum Gasteiger partial charge on any atom is -0.491 e. The van der Waals surface area contributed by atoms with Crippen LogP contribution in [0, 0.1) is 5.92 Å². The van der Waals surface area contributed by atoms with E-state index in [4.69, 9.17) is 9.47 Å². The molecule has 2 rings (SSSR count). The smallest absolute Gasteiger partial charge is 0.191 e. The molecule has 0 unspecified atom stereocenters. The Balaban J connectivity index is 0.00000312. The van der Waals surface area contributed by atoms with Crippen LogP contribution in [0.4, 0.5) is 0 Å². The standard InChI is InChI=1S/C19H31N3O2.HI/c1-15(2)24-18-7-4-6-17(12-18)13-22-19(20-3)21-10-5-11-23-14-16-8-9-16;/h4,6-7,12,15-16H,5,8-11,13-14H2,1-3H3,(H2,20,21,22);1H. The Morgan fingerprint density at radius 1 is 1.28 bits per heavy atom. The second-order valence-corrected chi connectivity index (χ2v) is 6.54. The number of halogens is 1.